The zero-order valence-electron chi connectivity index (χ0n) is 45.7. The van der Waals surface area contributed by atoms with Crippen molar-refractivity contribution >= 4 is 13.7 Å². The molecule has 0 saturated heterocycles. The van der Waals surface area contributed by atoms with Gasteiger partial charge in [-0.2, -0.15) is 0 Å². The highest BCUT2D eigenvalue weighted by Crippen LogP contribution is 2.43. The number of quaternary nitrogens is 1. The predicted octanol–water partition coefficient (Wildman–Crippen LogP) is 17.8. The number of hydrogen-bond donors (Lipinski definition) is 3. The number of nitrogens with one attached hydrogen (secondary N) is 1. The summed E-state index contributed by atoms with van der Waals surface area (Å²) in [5.41, 5.74) is 0. The van der Waals surface area contributed by atoms with Gasteiger partial charge in [-0.3, -0.25) is 13.8 Å². The van der Waals surface area contributed by atoms with Crippen LogP contribution in [0.2, 0.25) is 0 Å². The number of amides is 1. The number of aliphatic hydroxyl groups is 1. The molecule has 400 valence electrons. The lowest BCUT2D eigenvalue weighted by Gasteiger charge is -2.26. The van der Waals surface area contributed by atoms with E-state index in [1.54, 1.807) is 0 Å². The van der Waals surface area contributed by atoms with Crippen molar-refractivity contribution in [1.29, 1.82) is 0 Å². The molecule has 8 nitrogen and oxygen atoms in total. The fraction of sp³-hybridized carbons (Fsp3) is 0.948. The monoisotopic (exact) mass is 970 g/mol. The summed E-state index contributed by atoms with van der Waals surface area (Å²) >= 11 is 0. The Labute approximate surface area is 418 Å². The molecule has 0 fully saturated rings. The Bertz CT molecular complexity index is 1100. The van der Waals surface area contributed by atoms with E-state index in [2.05, 4.69) is 31.3 Å². The molecule has 0 saturated carbocycles. The van der Waals surface area contributed by atoms with Crippen LogP contribution in [0.25, 0.3) is 0 Å². The molecule has 3 atom stereocenters. The van der Waals surface area contributed by atoms with Gasteiger partial charge in [0.15, 0.2) is 0 Å². The Hall–Kier alpha value is -0.760. The van der Waals surface area contributed by atoms with Crippen LogP contribution in [-0.2, 0) is 18.4 Å². The molecule has 0 aliphatic rings. The largest absolute Gasteiger partial charge is 0.472 e. The molecular weight excluding hydrogens is 852 g/mol. The van der Waals surface area contributed by atoms with Crippen LogP contribution >= 0.6 is 7.82 Å². The Morgan fingerprint density at radius 3 is 1.15 bits per heavy atom. The van der Waals surface area contributed by atoms with Gasteiger partial charge in [0.25, 0.3) is 0 Å². The molecule has 0 bridgehead atoms. The van der Waals surface area contributed by atoms with Crippen molar-refractivity contribution < 1.29 is 32.9 Å². The molecule has 0 radical (unpaired) electrons. The maximum Gasteiger partial charge on any atom is 0.472 e. The van der Waals surface area contributed by atoms with Crippen LogP contribution in [0.15, 0.2) is 12.2 Å². The first-order chi connectivity index (χ1) is 32.5. The van der Waals surface area contributed by atoms with Crippen molar-refractivity contribution in [3.05, 3.63) is 12.2 Å². The second-order valence-corrected chi connectivity index (χ2v) is 23.2. The molecule has 0 heterocycles. The first-order valence-electron chi connectivity index (χ1n) is 29.6. The SMILES string of the molecule is CCCCCCCC/C=C\CCCCCCCCCC(=O)NC(COP(=O)(O)OCC[N+](C)(C)C)C(O)CCCCCCCCCCCCCCCCCCCCCCCCCCCCCC. The number of phosphoric acid groups is 1. The highest BCUT2D eigenvalue weighted by Gasteiger charge is 2.28. The summed E-state index contributed by atoms with van der Waals surface area (Å²) in [6.45, 7) is 4.92. The van der Waals surface area contributed by atoms with E-state index in [-0.39, 0.29) is 19.1 Å². The number of carbonyl (C=O) groups is 1. The van der Waals surface area contributed by atoms with Crippen LogP contribution in [0.5, 0.6) is 0 Å². The third-order valence-corrected chi connectivity index (χ3v) is 14.7. The van der Waals surface area contributed by atoms with Gasteiger partial charge < -0.3 is 19.8 Å². The Balaban J connectivity index is 4.08. The second-order valence-electron chi connectivity index (χ2n) is 21.7. The minimum atomic E-state index is -4.32. The van der Waals surface area contributed by atoms with Crippen LogP contribution in [0, 0.1) is 0 Å². The second kappa shape index (κ2) is 50.2. The molecule has 0 aromatic carbocycles. The van der Waals surface area contributed by atoms with E-state index in [9.17, 15) is 19.4 Å². The van der Waals surface area contributed by atoms with Gasteiger partial charge in [-0.15, -0.1) is 0 Å². The molecule has 0 aliphatic carbocycles. The summed E-state index contributed by atoms with van der Waals surface area (Å²) in [5, 5.41) is 14.1. The fourth-order valence-corrected chi connectivity index (χ4v) is 9.84. The van der Waals surface area contributed by atoms with E-state index < -0.39 is 20.0 Å². The number of unbranched alkanes of at least 4 members (excludes halogenated alkanes) is 40. The Morgan fingerprint density at radius 2 is 0.806 bits per heavy atom. The third-order valence-electron chi connectivity index (χ3n) is 13.8. The Kier molecular flexibility index (Phi) is 49.6. The molecule has 0 aliphatic heterocycles. The zero-order chi connectivity index (χ0) is 49.2. The van der Waals surface area contributed by atoms with Crippen LogP contribution in [-0.4, -0.2) is 73.4 Å². The predicted molar refractivity (Wildman–Crippen MR) is 291 cm³/mol. The minimum Gasteiger partial charge on any atom is -0.391 e. The van der Waals surface area contributed by atoms with Gasteiger partial charge in [0.2, 0.25) is 5.91 Å². The third kappa shape index (κ3) is 52.9. The van der Waals surface area contributed by atoms with E-state index in [1.165, 1.54) is 238 Å². The van der Waals surface area contributed by atoms with E-state index in [4.69, 9.17) is 9.05 Å². The Morgan fingerprint density at radius 1 is 0.493 bits per heavy atom. The highest BCUT2D eigenvalue weighted by atomic mass is 31.2. The highest BCUT2D eigenvalue weighted by molar-refractivity contribution is 7.47. The van der Waals surface area contributed by atoms with Gasteiger partial charge in [0.05, 0.1) is 39.9 Å². The van der Waals surface area contributed by atoms with Gasteiger partial charge in [-0.25, -0.2) is 4.57 Å². The maximum atomic E-state index is 13.0. The average molecular weight is 971 g/mol. The molecule has 0 aromatic heterocycles. The van der Waals surface area contributed by atoms with Gasteiger partial charge >= 0.3 is 7.82 Å². The average Bonchev–Trinajstić information content (AvgIpc) is 3.29. The number of likely N-dealkylation sites (N-methyl/N-ethyl adjacent to an activating group) is 1. The molecular formula is C58H118N2O6P+. The molecule has 0 rings (SSSR count). The number of aliphatic hydroxyl groups excluding tert-OH is 1. The van der Waals surface area contributed by atoms with Crippen LogP contribution in [0.1, 0.15) is 303 Å². The molecule has 0 aromatic rings. The molecule has 0 spiro atoms. The molecule has 67 heavy (non-hydrogen) atoms. The van der Waals surface area contributed by atoms with Crippen molar-refractivity contribution in [3.8, 4) is 0 Å². The molecule has 3 unspecified atom stereocenters. The van der Waals surface area contributed by atoms with Crippen molar-refractivity contribution in [2.24, 2.45) is 0 Å². The summed E-state index contributed by atoms with van der Waals surface area (Å²) in [7, 11) is 1.63. The van der Waals surface area contributed by atoms with Gasteiger partial charge in [-0.1, -0.05) is 270 Å². The number of hydrogen-bond acceptors (Lipinski definition) is 5. The van der Waals surface area contributed by atoms with Crippen molar-refractivity contribution in [2.45, 2.75) is 315 Å². The van der Waals surface area contributed by atoms with Crippen molar-refractivity contribution in [3.63, 3.8) is 0 Å². The lowest BCUT2D eigenvalue weighted by Crippen LogP contribution is -2.46. The van der Waals surface area contributed by atoms with E-state index in [0.29, 0.717) is 23.9 Å². The lowest BCUT2D eigenvalue weighted by molar-refractivity contribution is -0.870. The van der Waals surface area contributed by atoms with Gasteiger partial charge in [-0.05, 0) is 38.5 Å². The lowest BCUT2D eigenvalue weighted by atomic mass is 10.0. The number of phosphoric ester groups is 1. The maximum absolute atomic E-state index is 13.0. The topological polar surface area (TPSA) is 105 Å². The zero-order valence-corrected chi connectivity index (χ0v) is 46.6. The summed E-state index contributed by atoms with van der Waals surface area (Å²) in [4.78, 5) is 23.3. The number of allylic oxidation sites excluding steroid dienone is 2. The molecule has 3 N–H and O–H groups in total. The standard InChI is InChI=1S/C58H117N2O6P/c1-6-8-10-12-14-16-18-20-22-24-25-26-27-28-29-30-31-32-33-34-36-37-39-41-43-45-47-49-51-57(61)56(55-66-67(63,64)65-54-53-60(3,4)5)59-58(62)52-50-48-46-44-42-40-38-35-23-21-19-17-15-13-11-9-7-2/h21,23,56-57,61H,6-20,22,24-55H2,1-5H3,(H-,59,62,63,64)/p+1/b23-21-. The van der Waals surface area contributed by atoms with Crippen molar-refractivity contribution in [1.82, 2.24) is 5.32 Å². The van der Waals surface area contributed by atoms with E-state index >= 15 is 0 Å². The first kappa shape index (κ1) is 66.2. The van der Waals surface area contributed by atoms with Crippen LogP contribution in [0.4, 0.5) is 0 Å². The quantitative estimate of drug-likeness (QED) is 0.0243. The number of rotatable bonds is 55. The van der Waals surface area contributed by atoms with Gasteiger partial charge in [0, 0.05) is 6.42 Å². The van der Waals surface area contributed by atoms with Crippen molar-refractivity contribution in [2.75, 3.05) is 40.9 Å². The summed E-state index contributed by atoms with van der Waals surface area (Å²) in [5.74, 6) is -0.144. The van der Waals surface area contributed by atoms with Gasteiger partial charge in [0.1, 0.15) is 13.2 Å². The first-order valence-corrected chi connectivity index (χ1v) is 31.0. The summed E-state index contributed by atoms with van der Waals surface area (Å²) < 4.78 is 23.8. The minimum absolute atomic E-state index is 0.0762. The van der Waals surface area contributed by atoms with E-state index in [0.717, 1.165) is 38.5 Å². The molecule has 1 amide bonds. The van der Waals surface area contributed by atoms with E-state index in [1.807, 2.05) is 21.1 Å². The summed E-state index contributed by atoms with van der Waals surface area (Å²) in [6, 6.07) is -0.760. The van der Waals surface area contributed by atoms with Crippen LogP contribution < -0.4 is 5.32 Å². The number of carbonyl (C=O) groups excluding carboxylic acids is 1. The normalized spacial score (nSPS) is 14.0. The fourth-order valence-electron chi connectivity index (χ4n) is 9.10. The van der Waals surface area contributed by atoms with Crippen LogP contribution in [0.3, 0.4) is 0 Å². The smallest absolute Gasteiger partial charge is 0.391 e. The number of nitrogens with zero attached hydrogens (tertiary/aromatic N) is 1. The summed E-state index contributed by atoms with van der Waals surface area (Å²) in [6.07, 6.45) is 61.3. The molecule has 9 heteroatoms.